The lowest BCUT2D eigenvalue weighted by Gasteiger charge is -2.16. The summed E-state index contributed by atoms with van der Waals surface area (Å²) in [5, 5.41) is 6.34. The Morgan fingerprint density at radius 1 is 1.50 bits per heavy atom. The summed E-state index contributed by atoms with van der Waals surface area (Å²) in [6.45, 7) is 7.57. The molecule has 0 saturated carbocycles. The molecule has 78 valence electrons. The molecule has 0 fully saturated rings. The van der Waals surface area contributed by atoms with Crippen molar-refractivity contribution in [2.24, 2.45) is 5.41 Å². The summed E-state index contributed by atoms with van der Waals surface area (Å²) in [7, 11) is 0. The fourth-order valence-electron chi connectivity index (χ4n) is 0.833. The van der Waals surface area contributed by atoms with E-state index in [-0.39, 0.29) is 12.5 Å². The van der Waals surface area contributed by atoms with Crippen LogP contribution in [0.3, 0.4) is 0 Å². The number of carbonyl (C=O) groups excluding carboxylic acids is 1. The van der Waals surface area contributed by atoms with Gasteiger partial charge in [0, 0.05) is 5.41 Å². The van der Waals surface area contributed by atoms with E-state index in [9.17, 15) is 4.79 Å². The van der Waals surface area contributed by atoms with Gasteiger partial charge in [-0.1, -0.05) is 25.9 Å². The standard InChI is InChI=1S/C9H15N3O2/c1-6-11-7(14-12-6)5-10-8(13)9(2,3)4/h5H2,1-4H3,(H,10,13). The van der Waals surface area contributed by atoms with Crippen molar-refractivity contribution in [2.75, 3.05) is 0 Å². The van der Waals surface area contributed by atoms with E-state index in [0.29, 0.717) is 11.7 Å². The van der Waals surface area contributed by atoms with Gasteiger partial charge in [0.15, 0.2) is 5.82 Å². The summed E-state index contributed by atoms with van der Waals surface area (Å²) in [5.74, 6) is 0.971. The molecule has 0 bridgehead atoms. The van der Waals surface area contributed by atoms with E-state index in [0.717, 1.165) is 0 Å². The van der Waals surface area contributed by atoms with Gasteiger partial charge in [-0.05, 0) is 6.92 Å². The first kappa shape index (κ1) is 10.7. The van der Waals surface area contributed by atoms with Crippen molar-refractivity contribution in [3.8, 4) is 0 Å². The highest BCUT2D eigenvalue weighted by Gasteiger charge is 2.21. The highest BCUT2D eigenvalue weighted by Crippen LogP contribution is 2.12. The monoisotopic (exact) mass is 197 g/mol. The molecular formula is C9H15N3O2. The minimum Gasteiger partial charge on any atom is -0.347 e. The average molecular weight is 197 g/mol. The zero-order valence-corrected chi connectivity index (χ0v) is 8.92. The fourth-order valence-corrected chi connectivity index (χ4v) is 0.833. The van der Waals surface area contributed by atoms with Crippen LogP contribution < -0.4 is 5.32 Å². The zero-order chi connectivity index (χ0) is 10.8. The van der Waals surface area contributed by atoms with E-state index >= 15 is 0 Å². The Balaban J connectivity index is 2.46. The lowest BCUT2D eigenvalue weighted by molar-refractivity contribution is -0.128. The zero-order valence-electron chi connectivity index (χ0n) is 8.92. The number of nitrogens with one attached hydrogen (secondary N) is 1. The van der Waals surface area contributed by atoms with Gasteiger partial charge < -0.3 is 9.84 Å². The summed E-state index contributed by atoms with van der Waals surface area (Å²) in [6, 6.07) is 0. The number of nitrogens with zero attached hydrogens (tertiary/aromatic N) is 2. The van der Waals surface area contributed by atoms with Gasteiger partial charge in [0.25, 0.3) is 0 Å². The molecule has 5 heteroatoms. The Kier molecular flexibility index (Phi) is 2.88. The van der Waals surface area contributed by atoms with Gasteiger partial charge in [0.05, 0.1) is 6.54 Å². The highest BCUT2D eigenvalue weighted by molar-refractivity contribution is 5.81. The quantitative estimate of drug-likeness (QED) is 0.769. The van der Waals surface area contributed by atoms with Gasteiger partial charge in [-0.2, -0.15) is 4.98 Å². The van der Waals surface area contributed by atoms with Crippen molar-refractivity contribution in [1.82, 2.24) is 15.5 Å². The molecule has 1 aromatic rings. The maximum absolute atomic E-state index is 11.4. The minimum absolute atomic E-state index is 0.0339. The second-order valence-electron chi connectivity index (χ2n) is 4.17. The third-order valence-electron chi connectivity index (χ3n) is 1.65. The summed E-state index contributed by atoms with van der Waals surface area (Å²) < 4.78 is 4.85. The molecule has 0 aromatic carbocycles. The third-order valence-corrected chi connectivity index (χ3v) is 1.65. The van der Waals surface area contributed by atoms with Crippen LogP contribution in [0.4, 0.5) is 0 Å². The smallest absolute Gasteiger partial charge is 0.246 e. The van der Waals surface area contributed by atoms with Crippen LogP contribution in [0.15, 0.2) is 4.52 Å². The molecule has 1 heterocycles. The SMILES string of the molecule is Cc1noc(CNC(=O)C(C)(C)C)n1. The van der Waals surface area contributed by atoms with Crippen molar-refractivity contribution in [3.63, 3.8) is 0 Å². The number of aromatic nitrogens is 2. The number of carbonyl (C=O) groups is 1. The minimum atomic E-state index is -0.394. The molecule has 0 unspecified atom stereocenters. The van der Waals surface area contributed by atoms with E-state index in [1.807, 2.05) is 20.8 Å². The summed E-state index contributed by atoms with van der Waals surface area (Å²) in [5.41, 5.74) is -0.394. The molecule has 0 aliphatic rings. The van der Waals surface area contributed by atoms with Crippen LogP contribution in [0.1, 0.15) is 32.5 Å². The molecular weight excluding hydrogens is 182 g/mol. The lowest BCUT2D eigenvalue weighted by Crippen LogP contribution is -2.34. The highest BCUT2D eigenvalue weighted by atomic mass is 16.5. The Morgan fingerprint density at radius 2 is 2.14 bits per heavy atom. The van der Waals surface area contributed by atoms with Crippen LogP contribution in [-0.2, 0) is 11.3 Å². The predicted octanol–water partition coefficient (Wildman–Crippen LogP) is 1.04. The van der Waals surface area contributed by atoms with E-state index in [1.54, 1.807) is 6.92 Å². The van der Waals surface area contributed by atoms with Crippen LogP contribution in [0.2, 0.25) is 0 Å². The Hall–Kier alpha value is -1.39. The van der Waals surface area contributed by atoms with Gasteiger partial charge in [-0.25, -0.2) is 0 Å². The maximum atomic E-state index is 11.4. The van der Waals surface area contributed by atoms with Gasteiger partial charge in [-0.3, -0.25) is 4.79 Å². The van der Waals surface area contributed by atoms with Gasteiger partial charge >= 0.3 is 0 Å². The molecule has 1 aromatic heterocycles. The van der Waals surface area contributed by atoms with Crippen molar-refractivity contribution in [1.29, 1.82) is 0 Å². The molecule has 0 aliphatic carbocycles. The molecule has 1 rings (SSSR count). The van der Waals surface area contributed by atoms with Crippen molar-refractivity contribution in [2.45, 2.75) is 34.2 Å². The first-order valence-electron chi connectivity index (χ1n) is 4.47. The number of hydrogen-bond acceptors (Lipinski definition) is 4. The molecule has 0 spiro atoms. The molecule has 14 heavy (non-hydrogen) atoms. The van der Waals surface area contributed by atoms with Crippen LogP contribution in [0, 0.1) is 12.3 Å². The number of rotatable bonds is 2. The van der Waals surface area contributed by atoms with E-state index < -0.39 is 5.41 Å². The van der Waals surface area contributed by atoms with Crippen molar-refractivity contribution < 1.29 is 9.32 Å². The summed E-state index contributed by atoms with van der Waals surface area (Å²) in [4.78, 5) is 15.4. The van der Waals surface area contributed by atoms with E-state index in [1.165, 1.54) is 0 Å². The Labute approximate surface area is 82.9 Å². The second kappa shape index (κ2) is 3.77. The van der Waals surface area contributed by atoms with Gasteiger partial charge in [0.1, 0.15) is 0 Å². The molecule has 0 saturated heterocycles. The van der Waals surface area contributed by atoms with Crippen molar-refractivity contribution >= 4 is 5.91 Å². The Bertz CT molecular complexity index is 325. The van der Waals surface area contributed by atoms with Gasteiger partial charge in [0.2, 0.25) is 11.8 Å². The fraction of sp³-hybridized carbons (Fsp3) is 0.667. The predicted molar refractivity (Wildman–Crippen MR) is 50.3 cm³/mol. The van der Waals surface area contributed by atoms with Crippen LogP contribution >= 0.6 is 0 Å². The molecule has 0 atom stereocenters. The third kappa shape index (κ3) is 2.83. The summed E-state index contributed by atoms with van der Waals surface area (Å²) in [6.07, 6.45) is 0. The number of aryl methyl sites for hydroxylation is 1. The normalized spacial score (nSPS) is 11.4. The molecule has 0 radical (unpaired) electrons. The van der Waals surface area contributed by atoms with Crippen LogP contribution in [0.25, 0.3) is 0 Å². The second-order valence-corrected chi connectivity index (χ2v) is 4.17. The molecule has 0 aliphatic heterocycles. The largest absolute Gasteiger partial charge is 0.347 e. The Morgan fingerprint density at radius 3 is 2.57 bits per heavy atom. The van der Waals surface area contributed by atoms with E-state index in [4.69, 9.17) is 4.52 Å². The van der Waals surface area contributed by atoms with Crippen molar-refractivity contribution in [3.05, 3.63) is 11.7 Å². The molecule has 1 amide bonds. The number of amides is 1. The van der Waals surface area contributed by atoms with E-state index in [2.05, 4.69) is 15.5 Å². The maximum Gasteiger partial charge on any atom is 0.246 e. The van der Waals surface area contributed by atoms with Crippen LogP contribution in [-0.4, -0.2) is 16.0 Å². The lowest BCUT2D eigenvalue weighted by atomic mass is 9.96. The van der Waals surface area contributed by atoms with Gasteiger partial charge in [-0.15, -0.1) is 0 Å². The average Bonchev–Trinajstić information content (AvgIpc) is 2.45. The van der Waals surface area contributed by atoms with Crippen LogP contribution in [0.5, 0.6) is 0 Å². The number of hydrogen-bond donors (Lipinski definition) is 1. The molecule has 5 nitrogen and oxygen atoms in total. The first-order chi connectivity index (χ1) is 6.39. The topological polar surface area (TPSA) is 68.0 Å². The summed E-state index contributed by atoms with van der Waals surface area (Å²) >= 11 is 0. The molecule has 1 N–H and O–H groups in total. The first-order valence-corrected chi connectivity index (χ1v) is 4.47.